The molecule has 17 heavy (non-hydrogen) atoms. The van der Waals surface area contributed by atoms with E-state index in [4.69, 9.17) is 5.73 Å². The highest BCUT2D eigenvalue weighted by Gasteiger charge is 2.33. The average molecular weight is 286 g/mol. The number of nitrogens with zero attached hydrogens (tertiary/aromatic N) is 2. The maximum atomic E-state index is 12.2. The molecule has 0 aromatic heterocycles. The maximum absolute atomic E-state index is 12.2. The quantitative estimate of drug-likeness (QED) is 0.813. The average Bonchev–Trinajstić information content (AvgIpc) is 2.29. The van der Waals surface area contributed by atoms with Crippen LogP contribution < -0.4 is 5.73 Å². The first-order chi connectivity index (χ1) is 7.54. The van der Waals surface area contributed by atoms with Gasteiger partial charge >= 0.3 is 0 Å². The van der Waals surface area contributed by atoms with Gasteiger partial charge in [0.2, 0.25) is 0 Å². The Balaban J connectivity index is 0.00000256. The molecule has 0 radical (unpaired) electrons. The van der Waals surface area contributed by atoms with Crippen LogP contribution in [0.2, 0.25) is 0 Å². The molecule has 0 amide bonds. The third-order valence-corrected chi connectivity index (χ3v) is 5.12. The van der Waals surface area contributed by atoms with Crippen molar-refractivity contribution in [2.75, 3.05) is 26.7 Å². The lowest BCUT2D eigenvalue weighted by molar-refractivity contribution is 0.240. The van der Waals surface area contributed by atoms with E-state index in [2.05, 4.69) is 0 Å². The summed E-state index contributed by atoms with van der Waals surface area (Å²) in [5.74, 6) is 0. The fourth-order valence-electron chi connectivity index (χ4n) is 2.12. The molecular formula is C10H24ClN3O2S. The van der Waals surface area contributed by atoms with E-state index in [9.17, 15) is 8.42 Å². The van der Waals surface area contributed by atoms with Crippen LogP contribution in [0.25, 0.3) is 0 Å². The predicted octanol–water partition coefficient (Wildman–Crippen LogP) is 0.808. The molecule has 1 rings (SSSR count). The third kappa shape index (κ3) is 4.06. The lowest BCUT2D eigenvalue weighted by Gasteiger charge is -2.36. The molecule has 0 aromatic rings. The molecule has 1 unspecified atom stereocenters. The summed E-state index contributed by atoms with van der Waals surface area (Å²) in [4.78, 5) is 0. The maximum Gasteiger partial charge on any atom is 0.282 e. The second kappa shape index (κ2) is 7.53. The number of hydrogen-bond acceptors (Lipinski definition) is 3. The van der Waals surface area contributed by atoms with Crippen LogP contribution in [-0.2, 0) is 10.2 Å². The molecule has 1 saturated heterocycles. The standard InChI is InChI=1S/C10H23N3O2S.ClH/c1-3-7-12(2)16(14,15)13-8-5-4-6-10(13)9-11;/h10H,3-9,11H2,1-2H3;1H. The zero-order chi connectivity index (χ0) is 12.2. The van der Waals surface area contributed by atoms with Gasteiger partial charge in [0.1, 0.15) is 0 Å². The molecule has 1 atom stereocenters. The van der Waals surface area contributed by atoms with Crippen molar-refractivity contribution in [3.05, 3.63) is 0 Å². The molecule has 1 aliphatic heterocycles. The summed E-state index contributed by atoms with van der Waals surface area (Å²) in [6, 6.07) is -0.0157. The minimum atomic E-state index is -3.30. The van der Waals surface area contributed by atoms with Gasteiger partial charge in [0, 0.05) is 32.7 Å². The van der Waals surface area contributed by atoms with Crippen LogP contribution in [0.15, 0.2) is 0 Å². The van der Waals surface area contributed by atoms with Gasteiger partial charge in [0.25, 0.3) is 10.2 Å². The van der Waals surface area contributed by atoms with Crippen LogP contribution in [-0.4, -0.2) is 49.8 Å². The fourth-order valence-corrected chi connectivity index (χ4v) is 3.82. The number of rotatable bonds is 5. The minimum Gasteiger partial charge on any atom is -0.329 e. The first-order valence-electron chi connectivity index (χ1n) is 5.97. The number of hydrogen-bond donors (Lipinski definition) is 1. The van der Waals surface area contributed by atoms with Crippen molar-refractivity contribution in [2.24, 2.45) is 5.73 Å². The van der Waals surface area contributed by atoms with Crippen molar-refractivity contribution < 1.29 is 8.42 Å². The van der Waals surface area contributed by atoms with Gasteiger partial charge < -0.3 is 5.73 Å². The monoisotopic (exact) mass is 285 g/mol. The largest absolute Gasteiger partial charge is 0.329 e. The number of halogens is 1. The summed E-state index contributed by atoms with van der Waals surface area (Å²) in [6.07, 6.45) is 3.73. The Kier molecular flexibility index (Phi) is 7.58. The lowest BCUT2D eigenvalue weighted by atomic mass is 10.1. The van der Waals surface area contributed by atoms with Crippen LogP contribution >= 0.6 is 12.4 Å². The van der Waals surface area contributed by atoms with Crippen molar-refractivity contribution in [3.63, 3.8) is 0 Å². The summed E-state index contributed by atoms with van der Waals surface area (Å²) in [6.45, 7) is 3.57. The topological polar surface area (TPSA) is 66.6 Å². The molecule has 7 heteroatoms. The molecule has 0 saturated carbocycles. The van der Waals surface area contributed by atoms with Crippen molar-refractivity contribution in [1.82, 2.24) is 8.61 Å². The zero-order valence-electron chi connectivity index (χ0n) is 10.6. The van der Waals surface area contributed by atoms with E-state index in [0.717, 1.165) is 25.7 Å². The molecule has 1 heterocycles. The van der Waals surface area contributed by atoms with Crippen LogP contribution in [0.5, 0.6) is 0 Å². The fraction of sp³-hybridized carbons (Fsp3) is 1.00. The molecule has 0 spiro atoms. The van der Waals surface area contributed by atoms with Crippen LogP contribution in [0, 0.1) is 0 Å². The summed E-state index contributed by atoms with van der Waals surface area (Å²) in [5.41, 5.74) is 5.64. The Morgan fingerprint density at radius 1 is 1.41 bits per heavy atom. The zero-order valence-corrected chi connectivity index (χ0v) is 12.3. The lowest BCUT2D eigenvalue weighted by Crippen LogP contribution is -2.52. The highest BCUT2D eigenvalue weighted by molar-refractivity contribution is 7.86. The Bertz CT molecular complexity index is 311. The van der Waals surface area contributed by atoms with E-state index in [-0.39, 0.29) is 18.4 Å². The van der Waals surface area contributed by atoms with Crippen LogP contribution in [0.4, 0.5) is 0 Å². The van der Waals surface area contributed by atoms with E-state index in [1.54, 1.807) is 11.4 Å². The predicted molar refractivity (Wildman–Crippen MR) is 72.5 cm³/mol. The Hall–Kier alpha value is 0.120. The van der Waals surface area contributed by atoms with Gasteiger partial charge in [-0.1, -0.05) is 13.3 Å². The van der Waals surface area contributed by atoms with Crippen LogP contribution in [0.1, 0.15) is 32.6 Å². The Morgan fingerprint density at radius 3 is 2.59 bits per heavy atom. The van der Waals surface area contributed by atoms with Crippen molar-refractivity contribution in [1.29, 1.82) is 0 Å². The van der Waals surface area contributed by atoms with E-state index in [1.807, 2.05) is 6.92 Å². The molecule has 2 N–H and O–H groups in total. The molecule has 0 bridgehead atoms. The van der Waals surface area contributed by atoms with Gasteiger partial charge in [0.05, 0.1) is 0 Å². The first kappa shape index (κ1) is 17.1. The molecule has 0 aromatic carbocycles. The van der Waals surface area contributed by atoms with Gasteiger partial charge in [-0.05, 0) is 19.3 Å². The molecule has 0 aliphatic carbocycles. The summed E-state index contributed by atoms with van der Waals surface area (Å²) < 4.78 is 27.5. The normalized spacial score (nSPS) is 22.5. The SMILES string of the molecule is CCCN(C)S(=O)(=O)N1CCCCC1CN.Cl. The van der Waals surface area contributed by atoms with E-state index in [1.165, 1.54) is 4.31 Å². The number of piperidine rings is 1. The molecule has 1 aliphatic rings. The van der Waals surface area contributed by atoms with Gasteiger partial charge in [-0.2, -0.15) is 17.0 Å². The Morgan fingerprint density at radius 2 is 2.06 bits per heavy atom. The van der Waals surface area contributed by atoms with E-state index < -0.39 is 10.2 Å². The molecule has 104 valence electrons. The number of nitrogens with two attached hydrogens (primary N) is 1. The van der Waals surface area contributed by atoms with Crippen LogP contribution in [0.3, 0.4) is 0 Å². The highest BCUT2D eigenvalue weighted by atomic mass is 35.5. The summed E-state index contributed by atoms with van der Waals surface area (Å²) in [7, 11) is -1.66. The second-order valence-corrected chi connectivity index (χ2v) is 6.31. The highest BCUT2D eigenvalue weighted by Crippen LogP contribution is 2.21. The van der Waals surface area contributed by atoms with E-state index in [0.29, 0.717) is 19.6 Å². The van der Waals surface area contributed by atoms with Gasteiger partial charge in [-0.25, -0.2) is 0 Å². The first-order valence-corrected chi connectivity index (χ1v) is 7.37. The van der Waals surface area contributed by atoms with Gasteiger partial charge in [0.15, 0.2) is 0 Å². The van der Waals surface area contributed by atoms with Gasteiger partial charge in [-0.15, -0.1) is 12.4 Å². The van der Waals surface area contributed by atoms with Crippen molar-refractivity contribution in [3.8, 4) is 0 Å². The van der Waals surface area contributed by atoms with Gasteiger partial charge in [-0.3, -0.25) is 0 Å². The van der Waals surface area contributed by atoms with Crippen molar-refractivity contribution >= 4 is 22.6 Å². The summed E-state index contributed by atoms with van der Waals surface area (Å²) >= 11 is 0. The second-order valence-electron chi connectivity index (χ2n) is 4.33. The molecule has 1 fully saturated rings. The van der Waals surface area contributed by atoms with Crippen molar-refractivity contribution in [2.45, 2.75) is 38.6 Å². The van der Waals surface area contributed by atoms with E-state index >= 15 is 0 Å². The minimum absolute atomic E-state index is 0. The smallest absolute Gasteiger partial charge is 0.282 e. The molecular weight excluding hydrogens is 262 g/mol. The molecule has 5 nitrogen and oxygen atoms in total. The Labute approximate surface area is 111 Å². The summed E-state index contributed by atoms with van der Waals surface area (Å²) in [5, 5.41) is 0. The third-order valence-electron chi connectivity index (χ3n) is 3.07.